The van der Waals surface area contributed by atoms with Crippen LogP contribution in [0.4, 0.5) is 0 Å². The lowest BCUT2D eigenvalue weighted by Gasteiger charge is -2.41. The Balaban J connectivity index is 0.990. The average molecular weight is 791 g/mol. The fourth-order valence-corrected chi connectivity index (χ4v) is 9.65. The highest BCUT2D eigenvalue weighted by Gasteiger charge is 2.45. The number of rotatable bonds is 6. The van der Waals surface area contributed by atoms with Gasteiger partial charge >= 0.3 is 0 Å². The zero-order chi connectivity index (χ0) is 41.2. The molecule has 1 aromatic heterocycles. The van der Waals surface area contributed by atoms with Crippen molar-refractivity contribution in [2.75, 3.05) is 0 Å². The summed E-state index contributed by atoms with van der Waals surface area (Å²) in [7, 11) is 0. The van der Waals surface area contributed by atoms with Gasteiger partial charge in [-0.2, -0.15) is 5.26 Å². The number of benzene rings is 9. The lowest BCUT2D eigenvalue weighted by Crippen LogP contribution is -2.34. The summed E-state index contributed by atoms with van der Waals surface area (Å²) < 4.78 is 6.67. The number of hydrogen-bond acceptors (Lipinski definition) is 5. The van der Waals surface area contributed by atoms with Crippen molar-refractivity contribution in [3.8, 4) is 85.1 Å². The Labute approximate surface area is 358 Å². The Morgan fingerprint density at radius 1 is 0.387 bits per heavy atom. The zero-order valence-electron chi connectivity index (χ0n) is 33.3. The van der Waals surface area contributed by atoms with Gasteiger partial charge in [-0.05, 0) is 104 Å². The fraction of sp³-hybridized carbons (Fsp3) is 0.0175. The minimum Gasteiger partial charge on any atom is -0.457 e. The Morgan fingerprint density at radius 2 is 0.903 bits per heavy atom. The smallest absolute Gasteiger partial charge is 0.164 e. The number of hydrogen-bond donors (Lipinski definition) is 0. The number of nitrogens with zero attached hydrogens (tertiary/aromatic N) is 4. The van der Waals surface area contributed by atoms with E-state index in [-0.39, 0.29) is 0 Å². The molecule has 0 saturated carbocycles. The van der Waals surface area contributed by atoms with E-state index in [1.807, 2.05) is 18.2 Å². The van der Waals surface area contributed by atoms with Crippen LogP contribution in [0.25, 0.3) is 78.3 Å². The molecular weight excluding hydrogens is 757 g/mol. The summed E-state index contributed by atoms with van der Waals surface area (Å²) in [5, 5.41) is 11.8. The molecule has 2 aliphatic rings. The van der Waals surface area contributed by atoms with E-state index in [9.17, 15) is 5.26 Å². The van der Waals surface area contributed by atoms with E-state index in [0.29, 0.717) is 23.0 Å². The zero-order valence-corrected chi connectivity index (χ0v) is 33.3. The van der Waals surface area contributed by atoms with Gasteiger partial charge in [0.05, 0.1) is 17.0 Å². The molecular formula is C57H34N4O. The quantitative estimate of drug-likeness (QED) is 0.168. The predicted octanol–water partition coefficient (Wildman–Crippen LogP) is 13.7. The standard InChI is InChI=1S/C57H34N4O/c58-35-36-22-24-38(25-23-36)54-59-55(61-56(60-54)48-32-31-47-44-17-8-7-16-43(44)45-18-11-19-46(48)53(45)47)39-28-26-37(27-29-39)40-30-33-52-50(34-40)57(41-12-3-1-4-13-41,42-14-5-2-6-15-42)49-20-9-10-21-51(49)62-52/h1-34H. The molecule has 0 saturated heterocycles. The van der Waals surface area contributed by atoms with Crippen molar-refractivity contribution in [3.05, 3.63) is 234 Å². The highest BCUT2D eigenvalue weighted by Crippen LogP contribution is 2.56. The molecule has 1 aliphatic heterocycles. The van der Waals surface area contributed by atoms with Crippen molar-refractivity contribution in [3.63, 3.8) is 0 Å². The highest BCUT2D eigenvalue weighted by molar-refractivity contribution is 6.18. The molecule has 10 aromatic rings. The second kappa shape index (κ2) is 14.1. The van der Waals surface area contributed by atoms with Crippen molar-refractivity contribution in [1.82, 2.24) is 15.0 Å². The third kappa shape index (κ3) is 5.44. The summed E-state index contributed by atoms with van der Waals surface area (Å²) in [6.45, 7) is 0. The molecule has 5 nitrogen and oxygen atoms in total. The molecule has 0 atom stereocenters. The van der Waals surface area contributed by atoms with Gasteiger partial charge in [0, 0.05) is 27.8 Å². The molecule has 2 heterocycles. The van der Waals surface area contributed by atoms with E-state index in [4.69, 9.17) is 19.7 Å². The Bertz CT molecular complexity index is 3360. The summed E-state index contributed by atoms with van der Waals surface area (Å²) in [5.41, 5.74) is 14.1. The van der Waals surface area contributed by atoms with Crippen LogP contribution in [0.5, 0.6) is 11.5 Å². The summed E-state index contributed by atoms with van der Waals surface area (Å²) >= 11 is 0. The van der Waals surface area contributed by atoms with Gasteiger partial charge < -0.3 is 4.74 Å². The monoisotopic (exact) mass is 790 g/mol. The summed E-state index contributed by atoms with van der Waals surface area (Å²) in [5.74, 6) is 3.38. The van der Waals surface area contributed by atoms with Crippen LogP contribution in [-0.4, -0.2) is 15.0 Å². The molecule has 0 unspecified atom stereocenters. The van der Waals surface area contributed by atoms with Gasteiger partial charge in [-0.25, -0.2) is 15.0 Å². The number of nitriles is 1. The molecule has 0 amide bonds. The molecule has 288 valence electrons. The van der Waals surface area contributed by atoms with Gasteiger partial charge in [0.2, 0.25) is 0 Å². The van der Waals surface area contributed by atoms with Crippen molar-refractivity contribution < 1.29 is 4.74 Å². The Morgan fingerprint density at radius 3 is 1.58 bits per heavy atom. The molecule has 0 radical (unpaired) electrons. The topological polar surface area (TPSA) is 71.7 Å². The van der Waals surface area contributed by atoms with E-state index in [1.54, 1.807) is 12.1 Å². The number of aromatic nitrogens is 3. The Hall–Kier alpha value is -8.46. The minimum absolute atomic E-state index is 0.540. The molecule has 0 fully saturated rings. The van der Waals surface area contributed by atoms with Crippen molar-refractivity contribution in [1.29, 1.82) is 5.26 Å². The van der Waals surface area contributed by atoms with Crippen molar-refractivity contribution in [2.45, 2.75) is 5.41 Å². The van der Waals surface area contributed by atoms with E-state index >= 15 is 0 Å². The molecule has 1 aliphatic carbocycles. The molecule has 5 heteroatoms. The molecule has 0 bridgehead atoms. The second-order valence-corrected chi connectivity index (χ2v) is 15.8. The van der Waals surface area contributed by atoms with Crippen LogP contribution in [0.1, 0.15) is 27.8 Å². The first kappa shape index (κ1) is 35.5. The van der Waals surface area contributed by atoms with Crippen LogP contribution < -0.4 is 4.74 Å². The maximum Gasteiger partial charge on any atom is 0.164 e. The molecule has 0 spiro atoms. The first-order valence-electron chi connectivity index (χ1n) is 20.7. The molecule has 12 rings (SSSR count). The first-order chi connectivity index (χ1) is 30.7. The Kier molecular flexibility index (Phi) is 8.06. The van der Waals surface area contributed by atoms with Crippen molar-refractivity contribution >= 4 is 10.8 Å². The minimum atomic E-state index is -0.614. The van der Waals surface area contributed by atoms with Crippen LogP contribution in [0.2, 0.25) is 0 Å². The first-order valence-corrected chi connectivity index (χ1v) is 20.7. The summed E-state index contributed by atoms with van der Waals surface area (Å²) in [6.07, 6.45) is 0. The molecule has 0 N–H and O–H groups in total. The second-order valence-electron chi connectivity index (χ2n) is 15.8. The van der Waals surface area contributed by atoms with E-state index < -0.39 is 5.41 Å². The normalized spacial score (nSPS) is 12.8. The lowest BCUT2D eigenvalue weighted by molar-refractivity contribution is 0.434. The lowest BCUT2D eigenvalue weighted by atomic mass is 9.63. The van der Waals surface area contributed by atoms with Crippen LogP contribution in [-0.2, 0) is 5.41 Å². The molecule has 62 heavy (non-hydrogen) atoms. The van der Waals surface area contributed by atoms with Crippen LogP contribution in [0.15, 0.2) is 206 Å². The largest absolute Gasteiger partial charge is 0.457 e. The van der Waals surface area contributed by atoms with E-state index in [1.165, 1.54) is 38.8 Å². The molecule has 9 aromatic carbocycles. The fourth-order valence-electron chi connectivity index (χ4n) is 9.65. The van der Waals surface area contributed by atoms with Crippen LogP contribution >= 0.6 is 0 Å². The van der Waals surface area contributed by atoms with E-state index in [2.05, 4.69) is 182 Å². The van der Waals surface area contributed by atoms with Crippen LogP contribution in [0, 0.1) is 11.3 Å². The predicted molar refractivity (Wildman–Crippen MR) is 247 cm³/mol. The van der Waals surface area contributed by atoms with Gasteiger partial charge in [-0.3, -0.25) is 0 Å². The third-order valence-electron chi connectivity index (χ3n) is 12.5. The van der Waals surface area contributed by atoms with Gasteiger partial charge in [-0.15, -0.1) is 0 Å². The van der Waals surface area contributed by atoms with Crippen molar-refractivity contribution in [2.24, 2.45) is 0 Å². The average Bonchev–Trinajstić information content (AvgIpc) is 3.68. The van der Waals surface area contributed by atoms with Crippen LogP contribution in [0.3, 0.4) is 0 Å². The maximum absolute atomic E-state index is 9.54. The summed E-state index contributed by atoms with van der Waals surface area (Å²) in [6, 6.07) is 73.9. The maximum atomic E-state index is 9.54. The summed E-state index contributed by atoms with van der Waals surface area (Å²) in [4.78, 5) is 15.4. The van der Waals surface area contributed by atoms with E-state index in [0.717, 1.165) is 55.8 Å². The van der Waals surface area contributed by atoms with Gasteiger partial charge in [0.15, 0.2) is 17.5 Å². The van der Waals surface area contributed by atoms with Gasteiger partial charge in [0.1, 0.15) is 11.5 Å². The third-order valence-corrected chi connectivity index (χ3v) is 12.5. The van der Waals surface area contributed by atoms with Gasteiger partial charge in [-0.1, -0.05) is 158 Å². The van der Waals surface area contributed by atoms with Gasteiger partial charge in [0.25, 0.3) is 0 Å². The highest BCUT2D eigenvalue weighted by atomic mass is 16.5. The number of ether oxygens (including phenoxy) is 1. The number of fused-ring (bicyclic) bond motifs is 5. The SMILES string of the molecule is N#Cc1ccc(-c2nc(-c3ccc(-c4ccc5c(c4)C(c4ccccc4)(c4ccccc4)c4ccccc4O5)cc3)nc(-c3ccc4c5c(cccc35)-c3ccccc3-4)n2)cc1. The number of para-hydroxylation sites is 1.